The van der Waals surface area contributed by atoms with Crippen molar-refractivity contribution < 1.29 is 0 Å². The second kappa shape index (κ2) is 2.45. The van der Waals surface area contributed by atoms with Gasteiger partial charge >= 0.3 is 0 Å². The molecular weight excluding hydrogens is 222 g/mol. The van der Waals surface area contributed by atoms with E-state index in [1.54, 1.807) is 17.9 Å². The van der Waals surface area contributed by atoms with Gasteiger partial charge in [0, 0.05) is 19.3 Å². The summed E-state index contributed by atoms with van der Waals surface area (Å²) in [6.45, 7) is 0. The molecule has 0 atom stereocenters. The molecule has 0 amide bonds. The van der Waals surface area contributed by atoms with Crippen molar-refractivity contribution in [3.05, 3.63) is 27.1 Å². The fourth-order valence-corrected chi connectivity index (χ4v) is 1.78. The van der Waals surface area contributed by atoms with Gasteiger partial charge in [0.25, 0.3) is 0 Å². The number of rotatable bonds is 0. The molecule has 0 unspecified atom stereocenters. The predicted octanol–water partition coefficient (Wildman–Crippen LogP) is 1.02. The zero-order chi connectivity index (χ0) is 8.72. The third-order valence-corrected chi connectivity index (χ3v) is 2.26. The lowest BCUT2D eigenvalue weighted by Crippen LogP contribution is -2.00. The zero-order valence-electron chi connectivity index (χ0n) is 6.34. The molecule has 1 N–H and O–H groups in total. The van der Waals surface area contributed by atoms with Gasteiger partial charge in [-0.15, -0.1) is 0 Å². The largest absolute Gasteiger partial charge is 0.346 e. The normalized spacial score (nSPS) is 10.8. The maximum atomic E-state index is 11.3. The molecule has 2 heterocycles. The molecule has 0 aromatic carbocycles. The van der Waals surface area contributed by atoms with Crippen molar-refractivity contribution >= 4 is 27.0 Å². The molecule has 0 aliphatic rings. The Bertz CT molecular complexity index is 485. The monoisotopic (exact) mass is 227 g/mol. The van der Waals surface area contributed by atoms with Crippen molar-refractivity contribution in [2.24, 2.45) is 7.05 Å². The predicted molar refractivity (Wildman–Crippen MR) is 49.0 cm³/mol. The van der Waals surface area contributed by atoms with Crippen molar-refractivity contribution in [3.8, 4) is 0 Å². The van der Waals surface area contributed by atoms with E-state index in [0.717, 1.165) is 5.65 Å². The Labute approximate surface area is 76.3 Å². The number of H-pyrrole nitrogens is 1. The van der Waals surface area contributed by atoms with Crippen LogP contribution in [0.5, 0.6) is 0 Å². The summed E-state index contributed by atoms with van der Waals surface area (Å²) in [5, 5.41) is 4.65. The number of aromatic nitrogens is 3. The van der Waals surface area contributed by atoms with Gasteiger partial charge in [-0.3, -0.25) is 9.48 Å². The standard InChI is InChI=1S/C7H6BrN3O/c1-11-7-5(6(8)10-11)4(12)2-3-9-7/h2-3H,1H3,(H,9,12). The maximum Gasteiger partial charge on any atom is 0.193 e. The summed E-state index contributed by atoms with van der Waals surface area (Å²) >= 11 is 3.22. The number of pyridine rings is 1. The van der Waals surface area contributed by atoms with Crippen LogP contribution in [0.1, 0.15) is 0 Å². The lowest BCUT2D eigenvalue weighted by molar-refractivity contribution is 0.778. The minimum absolute atomic E-state index is 0.0243. The molecule has 0 bridgehead atoms. The Morgan fingerprint density at radius 1 is 1.67 bits per heavy atom. The van der Waals surface area contributed by atoms with Gasteiger partial charge in [0.1, 0.15) is 10.3 Å². The third-order valence-electron chi connectivity index (χ3n) is 1.71. The van der Waals surface area contributed by atoms with Gasteiger partial charge in [0.15, 0.2) is 5.43 Å². The molecule has 0 aliphatic heterocycles. The van der Waals surface area contributed by atoms with Crippen LogP contribution < -0.4 is 5.43 Å². The molecule has 12 heavy (non-hydrogen) atoms. The van der Waals surface area contributed by atoms with Crippen molar-refractivity contribution in [3.63, 3.8) is 0 Å². The number of hydrogen-bond acceptors (Lipinski definition) is 2. The smallest absolute Gasteiger partial charge is 0.193 e. The molecular formula is C7H6BrN3O. The highest BCUT2D eigenvalue weighted by Crippen LogP contribution is 2.16. The number of nitrogens with one attached hydrogen (secondary N) is 1. The van der Waals surface area contributed by atoms with E-state index < -0.39 is 0 Å². The Balaban J connectivity index is 3.09. The molecule has 62 valence electrons. The van der Waals surface area contributed by atoms with Crippen LogP contribution in [0.2, 0.25) is 0 Å². The lowest BCUT2D eigenvalue weighted by Gasteiger charge is -1.90. The molecule has 0 radical (unpaired) electrons. The number of aryl methyl sites for hydroxylation is 1. The van der Waals surface area contributed by atoms with Crippen molar-refractivity contribution in [1.82, 2.24) is 14.8 Å². The zero-order valence-corrected chi connectivity index (χ0v) is 7.92. The van der Waals surface area contributed by atoms with Crippen LogP contribution in [0.15, 0.2) is 21.7 Å². The molecule has 2 aromatic heterocycles. The van der Waals surface area contributed by atoms with Gasteiger partial charge in [0.05, 0.1) is 5.39 Å². The van der Waals surface area contributed by atoms with Crippen molar-refractivity contribution in [2.75, 3.05) is 0 Å². The molecule has 0 saturated heterocycles. The highest BCUT2D eigenvalue weighted by molar-refractivity contribution is 9.10. The first-order valence-corrected chi connectivity index (χ1v) is 4.19. The van der Waals surface area contributed by atoms with E-state index in [4.69, 9.17) is 0 Å². The van der Waals surface area contributed by atoms with Crippen molar-refractivity contribution in [2.45, 2.75) is 0 Å². The Morgan fingerprint density at radius 2 is 2.42 bits per heavy atom. The summed E-state index contributed by atoms with van der Waals surface area (Å²) in [6, 6.07) is 1.48. The summed E-state index contributed by atoms with van der Waals surface area (Å²) in [7, 11) is 1.78. The Morgan fingerprint density at radius 3 is 3.08 bits per heavy atom. The second-order valence-electron chi connectivity index (χ2n) is 2.48. The second-order valence-corrected chi connectivity index (χ2v) is 3.23. The Kier molecular flexibility index (Phi) is 1.54. The van der Waals surface area contributed by atoms with Gasteiger partial charge in [-0.05, 0) is 15.9 Å². The van der Waals surface area contributed by atoms with Crippen LogP contribution >= 0.6 is 15.9 Å². The average molecular weight is 228 g/mol. The quantitative estimate of drug-likeness (QED) is 0.731. The fraction of sp³-hybridized carbons (Fsp3) is 0.143. The summed E-state index contributed by atoms with van der Waals surface area (Å²) < 4.78 is 2.21. The van der Waals surface area contributed by atoms with Gasteiger partial charge in [0.2, 0.25) is 0 Å². The van der Waals surface area contributed by atoms with Gasteiger partial charge in [-0.2, -0.15) is 5.10 Å². The van der Waals surface area contributed by atoms with Crippen LogP contribution in [0.25, 0.3) is 11.0 Å². The first-order chi connectivity index (χ1) is 5.70. The fourth-order valence-electron chi connectivity index (χ4n) is 1.15. The first kappa shape index (κ1) is 7.54. The molecule has 0 fully saturated rings. The van der Waals surface area contributed by atoms with E-state index in [-0.39, 0.29) is 5.43 Å². The first-order valence-electron chi connectivity index (χ1n) is 3.40. The van der Waals surface area contributed by atoms with E-state index in [2.05, 4.69) is 26.0 Å². The number of fused-ring (bicyclic) bond motifs is 1. The summed E-state index contributed by atoms with van der Waals surface area (Å²) in [5.41, 5.74) is 0.707. The van der Waals surface area contributed by atoms with E-state index in [1.807, 2.05) is 0 Å². The SMILES string of the molecule is Cn1nc(Br)c2c(=O)cc[nH]c21. The third kappa shape index (κ3) is 0.896. The topological polar surface area (TPSA) is 50.7 Å². The minimum Gasteiger partial charge on any atom is -0.346 e. The summed E-state index contributed by atoms with van der Waals surface area (Å²) in [6.07, 6.45) is 1.61. The lowest BCUT2D eigenvalue weighted by atomic mass is 10.3. The van der Waals surface area contributed by atoms with E-state index in [1.165, 1.54) is 6.07 Å². The molecule has 4 nitrogen and oxygen atoms in total. The molecule has 5 heteroatoms. The van der Waals surface area contributed by atoms with E-state index in [9.17, 15) is 4.79 Å². The molecule has 2 aromatic rings. The van der Waals surface area contributed by atoms with Gasteiger partial charge in [-0.25, -0.2) is 0 Å². The number of hydrogen-bond donors (Lipinski definition) is 1. The van der Waals surface area contributed by atoms with E-state index >= 15 is 0 Å². The van der Waals surface area contributed by atoms with Crippen LogP contribution in [0, 0.1) is 0 Å². The van der Waals surface area contributed by atoms with Crippen molar-refractivity contribution in [1.29, 1.82) is 0 Å². The number of nitrogens with zero attached hydrogens (tertiary/aromatic N) is 2. The van der Waals surface area contributed by atoms with Crippen LogP contribution in [0.3, 0.4) is 0 Å². The van der Waals surface area contributed by atoms with Crippen LogP contribution in [-0.2, 0) is 7.05 Å². The molecule has 0 saturated carbocycles. The number of halogens is 1. The number of aromatic amines is 1. The Hall–Kier alpha value is -1.10. The van der Waals surface area contributed by atoms with E-state index in [0.29, 0.717) is 9.99 Å². The summed E-state index contributed by atoms with van der Waals surface area (Å²) in [4.78, 5) is 14.3. The maximum absolute atomic E-state index is 11.3. The molecule has 0 spiro atoms. The average Bonchev–Trinajstić information content (AvgIpc) is 2.29. The molecule has 2 rings (SSSR count). The summed E-state index contributed by atoms with van der Waals surface area (Å²) in [5.74, 6) is 0. The minimum atomic E-state index is -0.0243. The van der Waals surface area contributed by atoms with Gasteiger partial charge in [-0.1, -0.05) is 0 Å². The highest BCUT2D eigenvalue weighted by atomic mass is 79.9. The molecule has 0 aliphatic carbocycles. The van der Waals surface area contributed by atoms with Crippen LogP contribution in [-0.4, -0.2) is 14.8 Å². The van der Waals surface area contributed by atoms with Crippen LogP contribution in [0.4, 0.5) is 0 Å². The van der Waals surface area contributed by atoms with Gasteiger partial charge < -0.3 is 4.98 Å². The highest BCUT2D eigenvalue weighted by Gasteiger charge is 2.08.